The summed E-state index contributed by atoms with van der Waals surface area (Å²) in [5.74, 6) is -8.36. The lowest BCUT2D eigenvalue weighted by molar-refractivity contribution is -0.362. The van der Waals surface area contributed by atoms with E-state index in [1.807, 2.05) is 0 Å². The van der Waals surface area contributed by atoms with E-state index in [0.717, 1.165) is 11.1 Å². The van der Waals surface area contributed by atoms with Gasteiger partial charge in [0.2, 0.25) is 0 Å². The zero-order valence-corrected chi connectivity index (χ0v) is 18.2. The summed E-state index contributed by atoms with van der Waals surface area (Å²) in [5, 5.41) is 0. The highest BCUT2D eigenvalue weighted by Crippen LogP contribution is 2.59. The summed E-state index contributed by atoms with van der Waals surface area (Å²) in [5.41, 5.74) is -2.67. The molecule has 0 amide bonds. The van der Waals surface area contributed by atoms with Gasteiger partial charge in [-0.25, -0.2) is 0 Å². The lowest BCUT2D eigenvalue weighted by atomic mass is 9.54. The Kier molecular flexibility index (Phi) is 5.56. The molecule has 0 saturated carbocycles. The molecule has 0 aliphatic heterocycles. The van der Waals surface area contributed by atoms with Gasteiger partial charge in [-0.3, -0.25) is 9.35 Å². The van der Waals surface area contributed by atoms with Crippen molar-refractivity contribution < 1.29 is 48.8 Å². The van der Waals surface area contributed by atoms with E-state index < -0.39 is 63.5 Å². The minimum Gasteiger partial charge on any atom is -0.438 e. The Hall–Kier alpha value is -2.60. The van der Waals surface area contributed by atoms with Gasteiger partial charge < -0.3 is 4.74 Å². The van der Waals surface area contributed by atoms with Crippen LogP contribution >= 0.6 is 0 Å². The fraction of sp³-hybridized carbons (Fsp3) is 0.409. The lowest BCUT2D eigenvalue weighted by Gasteiger charge is -2.49. The third-order valence-electron chi connectivity index (χ3n) is 6.63. The van der Waals surface area contributed by atoms with Gasteiger partial charge in [-0.05, 0) is 28.2 Å². The Balaban J connectivity index is 1.84. The first-order valence-electron chi connectivity index (χ1n) is 10.1. The second-order valence-corrected chi connectivity index (χ2v) is 10.0. The van der Waals surface area contributed by atoms with Gasteiger partial charge in [0.15, 0.2) is 0 Å². The zero-order chi connectivity index (χ0) is 25.3. The summed E-state index contributed by atoms with van der Waals surface area (Å²) in [7, 11) is -5.86. The van der Waals surface area contributed by atoms with Gasteiger partial charge in [0.1, 0.15) is 5.75 Å². The number of esters is 1. The maximum Gasteiger partial charge on any atom is 0.438 e. The highest BCUT2D eigenvalue weighted by Gasteiger charge is 2.76. The van der Waals surface area contributed by atoms with Crippen molar-refractivity contribution >= 4 is 16.1 Å². The van der Waals surface area contributed by atoms with Crippen molar-refractivity contribution in [1.29, 1.82) is 0 Å². The molecule has 34 heavy (non-hydrogen) atoms. The monoisotopic (exact) mass is 508 g/mol. The molecule has 12 heteroatoms. The highest BCUT2D eigenvalue weighted by atomic mass is 32.2. The van der Waals surface area contributed by atoms with E-state index >= 15 is 0 Å². The molecule has 0 saturated heterocycles. The molecular formula is C22H18F6O5S. The van der Waals surface area contributed by atoms with Crippen molar-refractivity contribution in [3.63, 3.8) is 0 Å². The smallest absolute Gasteiger partial charge is 0.438 e. The Bertz CT molecular complexity index is 1180. The number of rotatable bonds is 4. The number of halogens is 6. The third kappa shape index (κ3) is 3.67. The molecule has 2 bridgehead atoms. The van der Waals surface area contributed by atoms with Crippen LogP contribution in [0.15, 0.2) is 48.5 Å². The predicted octanol–water partition coefficient (Wildman–Crippen LogP) is 4.82. The minimum atomic E-state index is -6.37. The number of hydrogen-bond donors (Lipinski definition) is 1. The maximum atomic E-state index is 13.7. The van der Waals surface area contributed by atoms with E-state index in [2.05, 4.69) is 4.74 Å². The summed E-state index contributed by atoms with van der Waals surface area (Å²) >= 11 is 0. The lowest BCUT2D eigenvalue weighted by Crippen LogP contribution is -2.64. The number of ether oxygens (including phenoxy) is 1. The average Bonchev–Trinajstić information content (AvgIpc) is 2.70. The van der Waals surface area contributed by atoms with E-state index in [-0.39, 0.29) is 0 Å². The number of carbonyl (C=O) groups excluding carboxylic acids is 1. The molecule has 3 aliphatic carbocycles. The molecule has 1 N–H and O–H groups in total. The molecule has 3 aliphatic rings. The fourth-order valence-corrected chi connectivity index (χ4v) is 6.17. The molecule has 0 aromatic heterocycles. The molecule has 184 valence electrons. The first kappa shape index (κ1) is 24.5. The summed E-state index contributed by atoms with van der Waals surface area (Å²) in [4.78, 5) is 13.1. The molecule has 2 aromatic rings. The predicted molar refractivity (Wildman–Crippen MR) is 107 cm³/mol. The van der Waals surface area contributed by atoms with Crippen LogP contribution in [0.1, 0.15) is 41.0 Å². The molecule has 2 unspecified atom stereocenters. The van der Waals surface area contributed by atoms with Gasteiger partial charge in [-0.2, -0.15) is 34.8 Å². The van der Waals surface area contributed by atoms with Crippen LogP contribution in [0, 0.1) is 11.8 Å². The molecule has 2 atom stereocenters. The Morgan fingerprint density at radius 3 is 1.59 bits per heavy atom. The van der Waals surface area contributed by atoms with Gasteiger partial charge in [-0.1, -0.05) is 55.5 Å². The van der Waals surface area contributed by atoms with Crippen LogP contribution in [0.2, 0.25) is 0 Å². The van der Waals surface area contributed by atoms with Crippen LogP contribution < -0.4 is 0 Å². The summed E-state index contributed by atoms with van der Waals surface area (Å²) in [6.45, 7) is 1.53. The first-order valence-corrected chi connectivity index (χ1v) is 11.7. The molecule has 5 nitrogen and oxygen atoms in total. The van der Waals surface area contributed by atoms with Crippen LogP contribution in [0.3, 0.4) is 0 Å². The quantitative estimate of drug-likeness (QED) is 0.364. The molecule has 2 aromatic carbocycles. The zero-order valence-electron chi connectivity index (χ0n) is 17.4. The van der Waals surface area contributed by atoms with Crippen molar-refractivity contribution in [3.8, 4) is 0 Å². The SMILES string of the molecule is CC1C2c3ccccc3C(c3ccccc32)C1C(=O)OC(CS(=O)(=O)O)(C(F)(F)F)C(F)(F)F. The van der Waals surface area contributed by atoms with Crippen molar-refractivity contribution in [2.24, 2.45) is 11.8 Å². The van der Waals surface area contributed by atoms with E-state index in [1.54, 1.807) is 48.5 Å². The maximum absolute atomic E-state index is 13.7. The number of hydrogen-bond acceptors (Lipinski definition) is 4. The van der Waals surface area contributed by atoms with E-state index in [9.17, 15) is 39.6 Å². The van der Waals surface area contributed by atoms with E-state index in [1.165, 1.54) is 6.92 Å². The molecule has 0 fully saturated rings. The molecule has 5 rings (SSSR count). The average molecular weight is 508 g/mol. The summed E-state index contributed by atoms with van der Waals surface area (Å²) < 4.78 is 118. The van der Waals surface area contributed by atoms with Crippen molar-refractivity contribution in [2.45, 2.75) is 36.7 Å². The third-order valence-corrected chi connectivity index (χ3v) is 7.40. The Morgan fingerprint density at radius 2 is 1.24 bits per heavy atom. The summed E-state index contributed by atoms with van der Waals surface area (Å²) in [6.07, 6.45) is -12.7. The molecular weight excluding hydrogens is 490 g/mol. The number of fused-ring (bicyclic) bond motifs is 1. The van der Waals surface area contributed by atoms with E-state index in [4.69, 9.17) is 4.55 Å². The van der Waals surface area contributed by atoms with Crippen molar-refractivity contribution in [3.05, 3.63) is 70.8 Å². The van der Waals surface area contributed by atoms with Gasteiger partial charge in [-0.15, -0.1) is 0 Å². The number of alkyl halides is 6. The second kappa shape index (κ2) is 7.70. The van der Waals surface area contributed by atoms with Crippen LogP contribution in [0.4, 0.5) is 26.3 Å². The minimum absolute atomic E-state index is 0.498. The Morgan fingerprint density at radius 1 is 0.853 bits per heavy atom. The normalized spacial score (nSPS) is 24.4. The molecule has 0 spiro atoms. The van der Waals surface area contributed by atoms with Crippen molar-refractivity contribution in [2.75, 3.05) is 5.75 Å². The van der Waals surface area contributed by atoms with Gasteiger partial charge >= 0.3 is 23.9 Å². The Labute approximate surface area is 190 Å². The first-order chi connectivity index (χ1) is 15.6. The fourth-order valence-electron chi connectivity index (χ4n) is 5.27. The van der Waals surface area contributed by atoms with Gasteiger partial charge in [0.25, 0.3) is 10.1 Å². The largest absolute Gasteiger partial charge is 0.438 e. The summed E-state index contributed by atoms with van der Waals surface area (Å²) in [6, 6.07) is 13.6. The molecule has 0 radical (unpaired) electrons. The number of benzene rings is 2. The molecule has 0 heterocycles. The van der Waals surface area contributed by atoms with Crippen LogP contribution in [-0.4, -0.2) is 42.6 Å². The van der Waals surface area contributed by atoms with Gasteiger partial charge in [0, 0.05) is 11.8 Å². The standard InChI is InChI=1S/C22H18F6O5S/c1-11-16-12-6-2-4-8-14(12)18(15-9-5-3-7-13(15)16)17(11)19(29)33-20(21(23,24)25,22(26,27)28)10-34(30,31)32/h2-9,11,16-18H,10H2,1H3,(H,30,31,32). The highest BCUT2D eigenvalue weighted by molar-refractivity contribution is 7.85. The van der Waals surface area contributed by atoms with Crippen molar-refractivity contribution in [1.82, 2.24) is 0 Å². The number of carbonyl (C=O) groups is 1. The van der Waals surface area contributed by atoms with Crippen LogP contribution in [-0.2, 0) is 19.6 Å². The van der Waals surface area contributed by atoms with E-state index in [0.29, 0.717) is 11.1 Å². The van der Waals surface area contributed by atoms with Crippen LogP contribution in [0.5, 0.6) is 0 Å². The second-order valence-electron chi connectivity index (χ2n) is 8.57. The van der Waals surface area contributed by atoms with Gasteiger partial charge in [0.05, 0.1) is 5.92 Å². The van der Waals surface area contributed by atoms with Crippen LogP contribution in [0.25, 0.3) is 0 Å². The topological polar surface area (TPSA) is 80.7 Å².